The fourth-order valence-electron chi connectivity index (χ4n) is 2.63. The van der Waals surface area contributed by atoms with Crippen LogP contribution in [0.15, 0.2) is 78.9 Å². The predicted octanol–water partition coefficient (Wildman–Crippen LogP) is 5.14. The predicted molar refractivity (Wildman–Crippen MR) is 97.3 cm³/mol. The number of alkyl halides is 2. The van der Waals surface area contributed by atoms with Gasteiger partial charge in [-0.05, 0) is 29.3 Å². The maximum absolute atomic E-state index is 12.4. The van der Waals surface area contributed by atoms with E-state index in [1.165, 1.54) is 12.1 Å². The maximum Gasteiger partial charge on any atom is 0.387 e. The third-order valence-electron chi connectivity index (χ3n) is 3.80. The molecule has 0 bridgehead atoms. The molecular formula is C21H17F2NO2. The molecule has 0 radical (unpaired) electrons. The zero-order valence-electron chi connectivity index (χ0n) is 13.9. The Kier molecular flexibility index (Phi) is 5.59. The first-order chi connectivity index (χ1) is 12.6. The van der Waals surface area contributed by atoms with Crippen LogP contribution in [0.5, 0.6) is 5.75 Å². The molecule has 3 aromatic rings. The van der Waals surface area contributed by atoms with E-state index in [0.29, 0.717) is 5.56 Å². The highest BCUT2D eigenvalue weighted by atomic mass is 19.3. The van der Waals surface area contributed by atoms with Gasteiger partial charge in [0.15, 0.2) is 0 Å². The summed E-state index contributed by atoms with van der Waals surface area (Å²) in [6, 6.07) is 23.4. The molecule has 0 spiro atoms. The molecule has 0 saturated heterocycles. The molecule has 0 aliphatic carbocycles. The summed E-state index contributed by atoms with van der Waals surface area (Å²) in [7, 11) is 0. The largest absolute Gasteiger partial charge is 0.435 e. The Bertz CT molecular complexity index is 865. The van der Waals surface area contributed by atoms with Crippen molar-refractivity contribution in [2.24, 2.45) is 0 Å². The second kappa shape index (κ2) is 8.25. The van der Waals surface area contributed by atoms with Crippen LogP contribution < -0.4 is 10.1 Å². The smallest absolute Gasteiger partial charge is 0.387 e. The molecule has 1 amide bonds. The summed E-state index contributed by atoms with van der Waals surface area (Å²) in [6.45, 7) is -2.86. The Labute approximate surface area is 150 Å². The first-order valence-electron chi connectivity index (χ1n) is 8.10. The number of para-hydroxylation sites is 1. The molecule has 1 N–H and O–H groups in total. The van der Waals surface area contributed by atoms with Crippen molar-refractivity contribution < 1.29 is 18.3 Å². The summed E-state index contributed by atoms with van der Waals surface area (Å²) in [6.07, 6.45) is 0.137. The number of carbonyl (C=O) groups is 1. The van der Waals surface area contributed by atoms with Gasteiger partial charge in [0.1, 0.15) is 5.75 Å². The standard InChI is InChI=1S/C21H17F2NO2/c22-21(23)26-17-12-10-15(11-13-17)14-20(25)24-19-9-5-4-8-18(19)16-6-2-1-3-7-16/h1-13,21H,14H2,(H,24,25). The van der Waals surface area contributed by atoms with Crippen LogP contribution in [0.4, 0.5) is 14.5 Å². The van der Waals surface area contributed by atoms with E-state index < -0.39 is 6.61 Å². The third kappa shape index (κ3) is 4.66. The van der Waals surface area contributed by atoms with Crippen LogP contribution in [-0.4, -0.2) is 12.5 Å². The molecule has 3 aromatic carbocycles. The van der Waals surface area contributed by atoms with Crippen molar-refractivity contribution in [1.29, 1.82) is 0 Å². The van der Waals surface area contributed by atoms with Gasteiger partial charge < -0.3 is 10.1 Å². The van der Waals surface area contributed by atoms with Crippen LogP contribution in [0, 0.1) is 0 Å². The molecule has 0 fully saturated rings. The number of anilines is 1. The van der Waals surface area contributed by atoms with E-state index >= 15 is 0 Å². The van der Waals surface area contributed by atoms with Gasteiger partial charge >= 0.3 is 6.61 Å². The van der Waals surface area contributed by atoms with Gasteiger partial charge in [0.25, 0.3) is 0 Å². The molecule has 0 heterocycles. The normalized spacial score (nSPS) is 10.6. The maximum atomic E-state index is 12.4. The summed E-state index contributed by atoms with van der Waals surface area (Å²) in [5.41, 5.74) is 3.38. The number of benzene rings is 3. The van der Waals surface area contributed by atoms with Crippen molar-refractivity contribution in [3.05, 3.63) is 84.4 Å². The van der Waals surface area contributed by atoms with Crippen molar-refractivity contribution >= 4 is 11.6 Å². The van der Waals surface area contributed by atoms with Gasteiger partial charge in [-0.15, -0.1) is 0 Å². The van der Waals surface area contributed by atoms with Gasteiger partial charge in [-0.3, -0.25) is 4.79 Å². The van der Waals surface area contributed by atoms with Gasteiger partial charge in [-0.1, -0.05) is 60.7 Å². The van der Waals surface area contributed by atoms with Crippen LogP contribution in [0.3, 0.4) is 0 Å². The lowest BCUT2D eigenvalue weighted by atomic mass is 10.0. The molecule has 3 rings (SSSR count). The molecule has 0 atom stereocenters. The van der Waals surface area contributed by atoms with Crippen molar-refractivity contribution in [3.63, 3.8) is 0 Å². The van der Waals surface area contributed by atoms with E-state index in [2.05, 4.69) is 10.1 Å². The highest BCUT2D eigenvalue weighted by molar-refractivity contribution is 5.96. The average Bonchev–Trinajstić information content (AvgIpc) is 2.64. The molecule has 0 unspecified atom stereocenters. The van der Waals surface area contributed by atoms with Crippen molar-refractivity contribution in [1.82, 2.24) is 0 Å². The number of hydrogen-bond acceptors (Lipinski definition) is 2. The molecule has 0 aromatic heterocycles. The van der Waals surface area contributed by atoms with Gasteiger partial charge in [-0.2, -0.15) is 8.78 Å². The second-order valence-corrected chi connectivity index (χ2v) is 5.66. The number of hydrogen-bond donors (Lipinski definition) is 1. The van der Waals surface area contributed by atoms with Crippen molar-refractivity contribution in [2.45, 2.75) is 13.0 Å². The lowest BCUT2D eigenvalue weighted by molar-refractivity contribution is -0.115. The third-order valence-corrected chi connectivity index (χ3v) is 3.80. The zero-order valence-corrected chi connectivity index (χ0v) is 13.9. The topological polar surface area (TPSA) is 38.3 Å². The Morgan fingerprint density at radius 3 is 2.23 bits per heavy atom. The van der Waals surface area contributed by atoms with E-state index in [4.69, 9.17) is 0 Å². The molecule has 3 nitrogen and oxygen atoms in total. The summed E-state index contributed by atoms with van der Waals surface area (Å²) in [5.74, 6) is -0.116. The highest BCUT2D eigenvalue weighted by Crippen LogP contribution is 2.27. The van der Waals surface area contributed by atoms with E-state index in [-0.39, 0.29) is 18.1 Å². The Hall–Kier alpha value is -3.21. The zero-order chi connectivity index (χ0) is 18.4. The van der Waals surface area contributed by atoms with Gasteiger partial charge in [0.05, 0.1) is 6.42 Å². The highest BCUT2D eigenvalue weighted by Gasteiger charge is 2.10. The second-order valence-electron chi connectivity index (χ2n) is 5.66. The lowest BCUT2D eigenvalue weighted by Crippen LogP contribution is -2.15. The van der Waals surface area contributed by atoms with Crippen molar-refractivity contribution in [2.75, 3.05) is 5.32 Å². The first-order valence-corrected chi connectivity index (χ1v) is 8.10. The quantitative estimate of drug-likeness (QED) is 0.667. The molecular weight excluding hydrogens is 336 g/mol. The molecule has 132 valence electrons. The summed E-state index contributed by atoms with van der Waals surface area (Å²) in [4.78, 5) is 12.4. The van der Waals surface area contributed by atoms with Gasteiger partial charge in [0, 0.05) is 11.3 Å². The monoisotopic (exact) mass is 353 g/mol. The molecule has 5 heteroatoms. The fraction of sp³-hybridized carbons (Fsp3) is 0.0952. The van der Waals surface area contributed by atoms with E-state index in [0.717, 1.165) is 16.8 Å². The summed E-state index contributed by atoms with van der Waals surface area (Å²) in [5, 5.41) is 2.91. The first kappa shape index (κ1) is 17.6. The van der Waals surface area contributed by atoms with E-state index in [1.807, 2.05) is 54.6 Å². The Balaban J connectivity index is 1.69. The number of carbonyl (C=O) groups excluding carboxylic acids is 1. The van der Waals surface area contributed by atoms with Gasteiger partial charge in [-0.25, -0.2) is 0 Å². The number of rotatable bonds is 6. The average molecular weight is 353 g/mol. The minimum absolute atomic E-state index is 0.0681. The van der Waals surface area contributed by atoms with E-state index in [1.54, 1.807) is 12.1 Å². The molecule has 0 aliphatic heterocycles. The lowest BCUT2D eigenvalue weighted by Gasteiger charge is -2.11. The van der Waals surface area contributed by atoms with Crippen molar-refractivity contribution in [3.8, 4) is 16.9 Å². The molecule has 26 heavy (non-hydrogen) atoms. The SMILES string of the molecule is O=C(Cc1ccc(OC(F)F)cc1)Nc1ccccc1-c1ccccc1. The minimum atomic E-state index is -2.86. The van der Waals surface area contributed by atoms with Crippen LogP contribution in [0.1, 0.15) is 5.56 Å². The summed E-state index contributed by atoms with van der Waals surface area (Å²) >= 11 is 0. The molecule has 0 aliphatic rings. The van der Waals surface area contributed by atoms with Crippen LogP contribution in [-0.2, 0) is 11.2 Å². The summed E-state index contributed by atoms with van der Waals surface area (Å²) < 4.78 is 28.6. The minimum Gasteiger partial charge on any atom is -0.435 e. The van der Waals surface area contributed by atoms with Crippen LogP contribution in [0.25, 0.3) is 11.1 Å². The van der Waals surface area contributed by atoms with Crippen LogP contribution >= 0.6 is 0 Å². The Morgan fingerprint density at radius 2 is 1.54 bits per heavy atom. The number of halogens is 2. The number of amides is 1. The molecule has 0 saturated carbocycles. The van der Waals surface area contributed by atoms with E-state index in [9.17, 15) is 13.6 Å². The van der Waals surface area contributed by atoms with Crippen LogP contribution in [0.2, 0.25) is 0 Å². The number of ether oxygens (including phenoxy) is 1. The number of nitrogens with one attached hydrogen (secondary N) is 1. The fourth-order valence-corrected chi connectivity index (χ4v) is 2.63. The van der Waals surface area contributed by atoms with Gasteiger partial charge in [0.2, 0.25) is 5.91 Å². The Morgan fingerprint density at radius 1 is 0.885 bits per heavy atom.